The Hall–Kier alpha value is -0.870. The fourth-order valence-electron chi connectivity index (χ4n) is 1.64. The van der Waals surface area contributed by atoms with Crippen molar-refractivity contribution < 1.29 is 9.53 Å². The van der Waals surface area contributed by atoms with E-state index in [0.717, 1.165) is 23.4 Å². The Labute approximate surface area is 110 Å². The van der Waals surface area contributed by atoms with Crippen molar-refractivity contribution in [3.63, 3.8) is 0 Å². The van der Waals surface area contributed by atoms with Crippen molar-refractivity contribution in [1.29, 1.82) is 0 Å². The lowest BCUT2D eigenvalue weighted by atomic mass is 10.3. The standard InChI is InChI=1S/C12H14ClNO2S/c1-16-11(15)10(13)12(6-7-12)17-9-5-3-2-4-8(9)14/h2-5,10H,6-7,14H2,1H3. The Kier molecular flexibility index (Phi) is 3.54. The number of carbonyl (C=O) groups is 1. The molecule has 1 saturated carbocycles. The molecule has 3 nitrogen and oxygen atoms in total. The molecule has 1 atom stereocenters. The maximum Gasteiger partial charge on any atom is 0.325 e. The molecule has 1 aliphatic carbocycles. The molecule has 1 fully saturated rings. The lowest BCUT2D eigenvalue weighted by Gasteiger charge is -2.19. The number of benzene rings is 1. The minimum atomic E-state index is -0.614. The van der Waals surface area contributed by atoms with E-state index in [1.165, 1.54) is 7.11 Å². The summed E-state index contributed by atoms with van der Waals surface area (Å²) in [5.74, 6) is -0.369. The van der Waals surface area contributed by atoms with E-state index in [2.05, 4.69) is 0 Å². The number of para-hydroxylation sites is 1. The van der Waals surface area contributed by atoms with Gasteiger partial charge in [0.05, 0.1) is 7.11 Å². The van der Waals surface area contributed by atoms with Crippen molar-refractivity contribution in [1.82, 2.24) is 0 Å². The molecule has 0 heterocycles. The van der Waals surface area contributed by atoms with Crippen molar-refractivity contribution in [2.75, 3.05) is 12.8 Å². The van der Waals surface area contributed by atoms with Crippen LogP contribution in [0.4, 0.5) is 5.69 Å². The van der Waals surface area contributed by atoms with Gasteiger partial charge in [0.15, 0.2) is 0 Å². The predicted molar refractivity (Wildman–Crippen MR) is 70.3 cm³/mol. The van der Waals surface area contributed by atoms with Crippen LogP contribution in [0.1, 0.15) is 12.8 Å². The Morgan fingerprint density at radius 2 is 2.18 bits per heavy atom. The zero-order chi connectivity index (χ0) is 12.5. The average Bonchev–Trinajstić information content (AvgIpc) is 3.11. The molecular formula is C12H14ClNO2S. The molecule has 2 N–H and O–H groups in total. The summed E-state index contributed by atoms with van der Waals surface area (Å²) in [7, 11) is 1.36. The van der Waals surface area contributed by atoms with E-state index >= 15 is 0 Å². The van der Waals surface area contributed by atoms with Crippen molar-refractivity contribution >= 4 is 35.0 Å². The molecule has 0 radical (unpaired) electrons. The monoisotopic (exact) mass is 271 g/mol. The number of halogens is 1. The Morgan fingerprint density at radius 3 is 2.71 bits per heavy atom. The molecule has 0 saturated heterocycles. The molecule has 0 bridgehead atoms. The number of methoxy groups -OCH3 is 1. The van der Waals surface area contributed by atoms with Crippen molar-refractivity contribution in [3.05, 3.63) is 24.3 Å². The second-order valence-corrected chi connectivity index (χ2v) is 5.98. The van der Waals surface area contributed by atoms with Crippen LogP contribution in [-0.2, 0) is 9.53 Å². The van der Waals surface area contributed by atoms with Crippen LogP contribution in [0.2, 0.25) is 0 Å². The number of thioether (sulfide) groups is 1. The van der Waals surface area contributed by atoms with E-state index in [4.69, 9.17) is 22.1 Å². The third-order valence-electron chi connectivity index (χ3n) is 2.85. The van der Waals surface area contributed by atoms with Gasteiger partial charge >= 0.3 is 5.97 Å². The summed E-state index contributed by atoms with van der Waals surface area (Å²) in [6.45, 7) is 0. The van der Waals surface area contributed by atoms with Gasteiger partial charge < -0.3 is 10.5 Å². The molecule has 1 aliphatic rings. The van der Waals surface area contributed by atoms with Crippen LogP contribution in [0, 0.1) is 0 Å². The second kappa shape index (κ2) is 4.78. The van der Waals surface area contributed by atoms with Gasteiger partial charge in [0, 0.05) is 15.3 Å². The smallest absolute Gasteiger partial charge is 0.325 e. The largest absolute Gasteiger partial charge is 0.468 e. The van der Waals surface area contributed by atoms with Crippen LogP contribution >= 0.6 is 23.4 Å². The second-order valence-electron chi connectivity index (χ2n) is 4.09. The lowest BCUT2D eigenvalue weighted by Crippen LogP contribution is -2.29. The summed E-state index contributed by atoms with van der Waals surface area (Å²) in [5, 5.41) is -0.614. The molecular weight excluding hydrogens is 258 g/mol. The van der Waals surface area contributed by atoms with Crippen LogP contribution in [0.25, 0.3) is 0 Å². The van der Waals surface area contributed by atoms with E-state index in [-0.39, 0.29) is 10.7 Å². The van der Waals surface area contributed by atoms with Gasteiger partial charge in [-0.15, -0.1) is 23.4 Å². The fraction of sp³-hybridized carbons (Fsp3) is 0.417. The molecule has 1 aromatic rings. The summed E-state index contributed by atoms with van der Waals surface area (Å²) < 4.78 is 4.44. The molecule has 1 aromatic carbocycles. The van der Waals surface area contributed by atoms with Gasteiger partial charge in [-0.25, -0.2) is 0 Å². The summed E-state index contributed by atoms with van der Waals surface area (Å²) >= 11 is 7.73. The zero-order valence-electron chi connectivity index (χ0n) is 9.48. The molecule has 92 valence electrons. The number of alkyl halides is 1. The third kappa shape index (κ3) is 2.53. The van der Waals surface area contributed by atoms with Gasteiger partial charge in [-0.1, -0.05) is 12.1 Å². The molecule has 5 heteroatoms. The van der Waals surface area contributed by atoms with Crippen LogP contribution < -0.4 is 5.73 Å². The lowest BCUT2D eigenvalue weighted by molar-refractivity contribution is -0.140. The van der Waals surface area contributed by atoms with Crippen molar-refractivity contribution in [2.45, 2.75) is 27.9 Å². The van der Waals surface area contributed by atoms with E-state index in [9.17, 15) is 4.79 Å². The number of rotatable bonds is 4. The zero-order valence-corrected chi connectivity index (χ0v) is 11.1. The number of anilines is 1. The van der Waals surface area contributed by atoms with E-state index in [1.807, 2.05) is 24.3 Å². The number of nitrogens with two attached hydrogens (primary N) is 1. The van der Waals surface area contributed by atoms with Gasteiger partial charge in [0.25, 0.3) is 0 Å². The van der Waals surface area contributed by atoms with Gasteiger partial charge in [-0.2, -0.15) is 0 Å². The van der Waals surface area contributed by atoms with Crippen molar-refractivity contribution in [3.8, 4) is 0 Å². The highest BCUT2D eigenvalue weighted by atomic mass is 35.5. The number of ether oxygens (including phenoxy) is 1. The molecule has 1 unspecified atom stereocenters. The Morgan fingerprint density at radius 1 is 1.53 bits per heavy atom. The first-order chi connectivity index (χ1) is 8.09. The summed E-state index contributed by atoms with van der Waals surface area (Å²) in [5.41, 5.74) is 6.60. The number of esters is 1. The molecule has 2 rings (SSSR count). The highest BCUT2D eigenvalue weighted by molar-refractivity contribution is 8.01. The topological polar surface area (TPSA) is 52.3 Å². The maximum atomic E-state index is 11.5. The van der Waals surface area contributed by atoms with E-state index in [1.54, 1.807) is 11.8 Å². The number of hydrogen-bond donors (Lipinski definition) is 1. The van der Waals surface area contributed by atoms with Crippen LogP contribution in [0.15, 0.2) is 29.2 Å². The van der Waals surface area contributed by atoms with Crippen LogP contribution in [-0.4, -0.2) is 23.2 Å². The normalized spacial score (nSPS) is 18.5. The van der Waals surface area contributed by atoms with Gasteiger partial charge in [-0.3, -0.25) is 4.79 Å². The third-order valence-corrected chi connectivity index (χ3v) is 5.21. The highest BCUT2D eigenvalue weighted by Gasteiger charge is 2.53. The van der Waals surface area contributed by atoms with E-state index < -0.39 is 5.38 Å². The average molecular weight is 272 g/mol. The van der Waals surface area contributed by atoms with Gasteiger partial charge in [-0.05, 0) is 25.0 Å². The Bertz CT molecular complexity index is 434. The van der Waals surface area contributed by atoms with Crippen LogP contribution in [0.5, 0.6) is 0 Å². The predicted octanol–water partition coefficient (Wildman–Crippen LogP) is 2.67. The van der Waals surface area contributed by atoms with E-state index in [0.29, 0.717) is 0 Å². The SMILES string of the molecule is COC(=O)C(Cl)C1(Sc2ccccc2N)CC1. The summed E-state index contributed by atoms with van der Waals surface area (Å²) in [6, 6.07) is 7.61. The number of hydrogen-bond acceptors (Lipinski definition) is 4. The molecule has 0 spiro atoms. The van der Waals surface area contributed by atoms with Gasteiger partial charge in [0.1, 0.15) is 5.38 Å². The number of nitrogen functional groups attached to an aromatic ring is 1. The van der Waals surface area contributed by atoms with Crippen molar-refractivity contribution in [2.24, 2.45) is 0 Å². The molecule has 0 aliphatic heterocycles. The maximum absolute atomic E-state index is 11.5. The fourth-order valence-corrected chi connectivity index (χ4v) is 3.36. The van der Waals surface area contributed by atoms with Crippen LogP contribution in [0.3, 0.4) is 0 Å². The Balaban J connectivity index is 2.13. The molecule has 0 aromatic heterocycles. The summed E-state index contributed by atoms with van der Waals surface area (Å²) in [6.07, 6.45) is 1.82. The van der Waals surface area contributed by atoms with Gasteiger partial charge in [0.2, 0.25) is 0 Å². The highest BCUT2D eigenvalue weighted by Crippen LogP contribution is 2.56. The quantitative estimate of drug-likeness (QED) is 0.520. The summed E-state index contributed by atoms with van der Waals surface area (Å²) in [4.78, 5) is 12.4. The number of carbonyl (C=O) groups excluding carboxylic acids is 1. The first-order valence-corrected chi connectivity index (χ1v) is 6.60. The minimum Gasteiger partial charge on any atom is -0.468 e. The first kappa shape index (κ1) is 12.6. The minimum absolute atomic E-state index is 0.246. The first-order valence-electron chi connectivity index (χ1n) is 5.34. The molecule has 0 amide bonds. The molecule has 17 heavy (non-hydrogen) atoms.